The number of anilines is 1. The number of fused-ring (bicyclic) bond motifs is 1. The number of hydrogen-bond acceptors (Lipinski definition) is 11. The molecule has 11 nitrogen and oxygen atoms in total. The van der Waals surface area contributed by atoms with E-state index in [-0.39, 0.29) is 35.1 Å². The Morgan fingerprint density at radius 3 is 2.90 bits per heavy atom. The van der Waals surface area contributed by atoms with E-state index in [1.807, 2.05) is 0 Å². The van der Waals surface area contributed by atoms with Crippen molar-refractivity contribution in [3.8, 4) is 0 Å². The van der Waals surface area contributed by atoms with Gasteiger partial charge in [-0.15, -0.1) is 23.1 Å². The predicted octanol–water partition coefficient (Wildman–Crippen LogP) is 0.167. The Bertz CT molecular complexity index is 973. The van der Waals surface area contributed by atoms with Crippen molar-refractivity contribution in [2.75, 3.05) is 24.9 Å². The number of nitrogen functional groups attached to an aromatic ring is 1. The SMILES string of the molecule is Nc1nc(/C(=N/O)C(=O)NC2C(=O)N3C(C(=O)S)=C(CC4CCOCO4)CS[C@H]23)cs1. The van der Waals surface area contributed by atoms with Crippen LogP contribution >= 0.6 is 35.7 Å². The molecule has 0 bridgehead atoms. The second-order valence-corrected chi connectivity index (χ2v) is 9.35. The molecule has 2 saturated heterocycles. The third-order valence-electron chi connectivity index (χ3n) is 5.06. The zero-order valence-corrected chi connectivity index (χ0v) is 18.5. The zero-order valence-electron chi connectivity index (χ0n) is 16.0. The predicted molar refractivity (Wildman–Crippen MR) is 116 cm³/mol. The van der Waals surface area contributed by atoms with Crippen LogP contribution in [0.15, 0.2) is 21.8 Å². The molecule has 31 heavy (non-hydrogen) atoms. The van der Waals surface area contributed by atoms with Crippen LogP contribution in [0.5, 0.6) is 0 Å². The van der Waals surface area contributed by atoms with E-state index in [0.29, 0.717) is 25.2 Å². The van der Waals surface area contributed by atoms with Gasteiger partial charge in [-0.3, -0.25) is 19.3 Å². The average Bonchev–Trinajstić information content (AvgIpc) is 3.18. The van der Waals surface area contributed by atoms with Crippen LogP contribution in [0.25, 0.3) is 0 Å². The fraction of sp³-hybridized carbons (Fsp3) is 0.471. The van der Waals surface area contributed by atoms with Gasteiger partial charge in [-0.05, 0) is 18.4 Å². The lowest BCUT2D eigenvalue weighted by Gasteiger charge is -2.50. The lowest BCUT2D eigenvalue weighted by molar-refractivity contribution is -0.146. The van der Waals surface area contributed by atoms with Crippen molar-refractivity contribution in [3.05, 3.63) is 22.3 Å². The van der Waals surface area contributed by atoms with Gasteiger partial charge in [0.15, 0.2) is 10.8 Å². The summed E-state index contributed by atoms with van der Waals surface area (Å²) < 4.78 is 10.7. The van der Waals surface area contributed by atoms with Gasteiger partial charge in [0.1, 0.15) is 23.9 Å². The maximum absolute atomic E-state index is 12.8. The van der Waals surface area contributed by atoms with Crippen LogP contribution in [0.4, 0.5) is 5.13 Å². The van der Waals surface area contributed by atoms with Crippen LogP contribution in [-0.2, 0) is 23.9 Å². The minimum atomic E-state index is -0.881. The number of thiol groups is 1. The van der Waals surface area contributed by atoms with Gasteiger partial charge in [-0.25, -0.2) is 4.98 Å². The standard InChI is InChI=1S/C17H19N5O6S3/c18-17-19-9(5-31-17)10(21-26)13(23)20-11-14(24)22-12(16(25)29)7(4-30-15(11)22)3-8-1-2-27-6-28-8/h5,8,11,15,26H,1-4,6H2,(H2,18,19)(H,20,23)(H,25,29)/b21-10-/t8?,11?,15-/m1/s1. The number of nitrogens with two attached hydrogens (primary N) is 1. The van der Waals surface area contributed by atoms with Gasteiger partial charge in [-0.1, -0.05) is 17.8 Å². The van der Waals surface area contributed by atoms with E-state index in [0.717, 1.165) is 16.9 Å². The van der Waals surface area contributed by atoms with Crippen molar-refractivity contribution >= 4 is 63.5 Å². The second-order valence-electron chi connectivity index (χ2n) is 6.95. The average molecular weight is 486 g/mol. The minimum absolute atomic E-state index is 0.0932. The number of carbonyl (C=O) groups excluding carboxylic acids is 3. The van der Waals surface area contributed by atoms with E-state index >= 15 is 0 Å². The minimum Gasteiger partial charge on any atom is -0.410 e. The first-order valence-electron chi connectivity index (χ1n) is 9.24. The van der Waals surface area contributed by atoms with Crippen molar-refractivity contribution in [2.45, 2.75) is 30.4 Å². The number of nitrogens with one attached hydrogen (secondary N) is 1. The number of aromatic nitrogens is 1. The lowest BCUT2D eigenvalue weighted by Crippen LogP contribution is -2.71. The molecular weight excluding hydrogens is 466 g/mol. The van der Waals surface area contributed by atoms with Crippen LogP contribution in [0.3, 0.4) is 0 Å². The monoisotopic (exact) mass is 485 g/mol. The third-order valence-corrected chi connectivity index (χ3v) is 7.29. The number of hydrogen-bond donors (Lipinski definition) is 4. The van der Waals surface area contributed by atoms with Crippen molar-refractivity contribution in [2.24, 2.45) is 5.16 Å². The number of thiazole rings is 1. The molecule has 2 fully saturated rings. The van der Waals surface area contributed by atoms with E-state index in [4.69, 9.17) is 15.2 Å². The smallest absolute Gasteiger partial charge is 0.276 e. The summed E-state index contributed by atoms with van der Waals surface area (Å²) in [6.07, 6.45) is 1.10. The number of rotatable bonds is 6. The van der Waals surface area contributed by atoms with Crippen molar-refractivity contribution in [1.29, 1.82) is 0 Å². The van der Waals surface area contributed by atoms with Gasteiger partial charge in [-0.2, -0.15) is 0 Å². The molecule has 0 radical (unpaired) electrons. The third kappa shape index (κ3) is 4.30. The Kier molecular flexibility index (Phi) is 6.52. The molecule has 1 aromatic rings. The normalized spacial score (nSPS) is 26.4. The van der Waals surface area contributed by atoms with Crippen LogP contribution in [0.1, 0.15) is 18.5 Å². The Hall–Kier alpha value is -2.13. The first-order chi connectivity index (χ1) is 14.9. The largest absolute Gasteiger partial charge is 0.410 e. The number of β-lactam (4-membered cyclic amide) rings is 1. The van der Waals surface area contributed by atoms with Gasteiger partial charge < -0.3 is 25.7 Å². The molecule has 0 aliphatic carbocycles. The van der Waals surface area contributed by atoms with Gasteiger partial charge >= 0.3 is 0 Å². The van der Waals surface area contributed by atoms with Crippen molar-refractivity contribution < 1.29 is 29.1 Å². The number of carbonyl (C=O) groups is 3. The summed E-state index contributed by atoms with van der Waals surface area (Å²) in [6.45, 7) is 0.780. The van der Waals surface area contributed by atoms with Gasteiger partial charge in [0, 0.05) is 11.1 Å². The molecule has 2 amide bonds. The molecule has 0 aromatic carbocycles. The van der Waals surface area contributed by atoms with Crippen LogP contribution in [0.2, 0.25) is 0 Å². The molecule has 4 heterocycles. The molecule has 3 aliphatic rings. The summed E-state index contributed by atoms with van der Waals surface area (Å²) in [7, 11) is 0. The Balaban J connectivity index is 1.48. The van der Waals surface area contributed by atoms with Crippen LogP contribution in [0, 0.1) is 0 Å². The fourth-order valence-electron chi connectivity index (χ4n) is 3.60. The summed E-state index contributed by atoms with van der Waals surface area (Å²) in [6, 6.07) is -0.881. The van der Waals surface area contributed by atoms with Gasteiger partial charge in [0.25, 0.3) is 11.8 Å². The lowest BCUT2D eigenvalue weighted by atomic mass is 9.99. The molecule has 2 unspecified atom stereocenters. The number of thioether (sulfide) groups is 1. The fourth-order valence-corrected chi connectivity index (χ4v) is 5.77. The van der Waals surface area contributed by atoms with E-state index in [1.54, 1.807) is 0 Å². The molecule has 1 aromatic heterocycles. The number of amides is 2. The summed E-state index contributed by atoms with van der Waals surface area (Å²) in [5, 5.41) is 15.5. The zero-order chi connectivity index (χ0) is 22.1. The van der Waals surface area contributed by atoms with E-state index in [2.05, 4.69) is 28.1 Å². The molecular formula is C17H19N5O6S3. The van der Waals surface area contributed by atoms with Crippen molar-refractivity contribution in [3.63, 3.8) is 0 Å². The maximum atomic E-state index is 12.8. The van der Waals surface area contributed by atoms with Crippen LogP contribution < -0.4 is 11.1 Å². The highest BCUT2D eigenvalue weighted by Crippen LogP contribution is 2.42. The molecule has 3 aliphatic heterocycles. The summed E-state index contributed by atoms with van der Waals surface area (Å²) >= 11 is 6.48. The van der Waals surface area contributed by atoms with E-state index in [1.165, 1.54) is 22.0 Å². The Labute approximate surface area is 190 Å². The molecule has 3 atom stereocenters. The topological polar surface area (TPSA) is 156 Å². The molecule has 4 rings (SSSR count). The van der Waals surface area contributed by atoms with Crippen molar-refractivity contribution in [1.82, 2.24) is 15.2 Å². The molecule has 0 spiro atoms. The first kappa shape index (κ1) is 22.1. The van der Waals surface area contributed by atoms with Gasteiger partial charge in [0.2, 0.25) is 5.12 Å². The molecule has 166 valence electrons. The highest BCUT2D eigenvalue weighted by atomic mass is 32.2. The molecule has 14 heteroatoms. The summed E-state index contributed by atoms with van der Waals surface area (Å²) in [5.74, 6) is -0.717. The molecule has 4 N–H and O–H groups in total. The van der Waals surface area contributed by atoms with E-state index in [9.17, 15) is 19.6 Å². The van der Waals surface area contributed by atoms with Crippen LogP contribution in [-0.4, -0.2) is 74.4 Å². The van der Waals surface area contributed by atoms with E-state index < -0.39 is 28.3 Å². The number of ether oxygens (including phenoxy) is 2. The highest BCUT2D eigenvalue weighted by Gasteiger charge is 2.54. The summed E-state index contributed by atoms with van der Waals surface area (Å²) in [4.78, 5) is 42.9. The quantitative estimate of drug-likeness (QED) is 0.145. The first-order valence-corrected chi connectivity index (χ1v) is 11.6. The number of nitrogens with zero attached hydrogens (tertiary/aromatic N) is 3. The number of oxime groups is 1. The second kappa shape index (κ2) is 9.16. The maximum Gasteiger partial charge on any atom is 0.276 e. The Morgan fingerprint density at radius 2 is 2.29 bits per heavy atom. The van der Waals surface area contributed by atoms with Gasteiger partial charge in [0.05, 0.1) is 18.4 Å². The Morgan fingerprint density at radius 1 is 1.48 bits per heavy atom. The summed E-state index contributed by atoms with van der Waals surface area (Å²) in [5.41, 5.74) is 6.33. The molecule has 0 saturated carbocycles. The highest BCUT2D eigenvalue weighted by molar-refractivity contribution is 8.00.